The molecule has 10 heteroatoms. The van der Waals surface area contributed by atoms with Crippen molar-refractivity contribution in [2.24, 2.45) is 17.8 Å². The summed E-state index contributed by atoms with van der Waals surface area (Å²) < 4.78 is 11.0. The van der Waals surface area contributed by atoms with Crippen LogP contribution in [0.1, 0.15) is 56.8 Å². The first-order valence-corrected chi connectivity index (χ1v) is 14.5. The van der Waals surface area contributed by atoms with Crippen LogP contribution in [0.2, 0.25) is 0 Å². The van der Waals surface area contributed by atoms with E-state index >= 15 is 0 Å². The minimum atomic E-state index is -0.380. The molecular formula is C29H39N7O3. The Morgan fingerprint density at radius 3 is 2.79 bits per heavy atom. The summed E-state index contributed by atoms with van der Waals surface area (Å²) in [6, 6.07) is 8.41. The highest BCUT2D eigenvalue weighted by atomic mass is 16.5. The van der Waals surface area contributed by atoms with Crippen LogP contribution in [0.4, 0.5) is 17.3 Å². The van der Waals surface area contributed by atoms with Crippen molar-refractivity contribution in [1.82, 2.24) is 20.8 Å². The lowest BCUT2D eigenvalue weighted by Gasteiger charge is -2.34. The lowest BCUT2D eigenvalue weighted by molar-refractivity contribution is -0.118. The smallest absolute Gasteiger partial charge is 0.235 e. The van der Waals surface area contributed by atoms with Crippen molar-refractivity contribution in [3.05, 3.63) is 35.7 Å². The maximum absolute atomic E-state index is 13.2. The van der Waals surface area contributed by atoms with Gasteiger partial charge in [0, 0.05) is 42.7 Å². The third-order valence-electron chi connectivity index (χ3n) is 9.63. The number of aromatic nitrogens is 2. The Morgan fingerprint density at radius 2 is 2.00 bits per heavy atom. The molecule has 1 aromatic carbocycles. The Morgan fingerprint density at radius 1 is 1.15 bits per heavy atom. The minimum Gasteiger partial charge on any atom is -0.497 e. The minimum absolute atomic E-state index is 0.0938. The Labute approximate surface area is 229 Å². The van der Waals surface area contributed by atoms with Crippen molar-refractivity contribution in [1.29, 1.82) is 0 Å². The number of carbonyl (C=O) groups is 1. The van der Waals surface area contributed by atoms with Crippen molar-refractivity contribution in [3.8, 4) is 5.75 Å². The summed E-state index contributed by atoms with van der Waals surface area (Å²) in [6.07, 6.45) is 4.32. The number of hydrogen-bond acceptors (Lipinski definition) is 9. The predicted octanol–water partition coefficient (Wildman–Crippen LogP) is 2.99. The van der Waals surface area contributed by atoms with Crippen molar-refractivity contribution in [3.63, 3.8) is 0 Å². The number of rotatable bonds is 6. The molecule has 2 aliphatic carbocycles. The van der Waals surface area contributed by atoms with Gasteiger partial charge in [-0.15, -0.1) is 0 Å². The molecule has 7 rings (SSSR count). The van der Waals surface area contributed by atoms with Crippen LogP contribution < -0.4 is 31.1 Å². The average Bonchev–Trinajstić information content (AvgIpc) is 3.51. The first-order chi connectivity index (χ1) is 19.0. The Bertz CT molecular complexity index is 1270. The molecule has 3 aliphatic heterocycles. The second kappa shape index (κ2) is 9.60. The average molecular weight is 534 g/mol. The molecule has 39 heavy (non-hydrogen) atoms. The molecule has 4 N–H and O–H groups in total. The molecule has 2 saturated heterocycles. The van der Waals surface area contributed by atoms with E-state index in [0.29, 0.717) is 23.8 Å². The maximum atomic E-state index is 13.2. The number of methoxy groups -OCH3 is 1. The number of carbonyl (C=O) groups excluding carboxylic acids is 1. The number of nitrogens with zero attached hydrogens (tertiary/aromatic N) is 3. The van der Waals surface area contributed by atoms with Crippen molar-refractivity contribution < 1.29 is 14.3 Å². The number of hydrazine groups is 1. The highest BCUT2D eigenvalue weighted by Crippen LogP contribution is 2.65. The second-order valence-electron chi connectivity index (χ2n) is 12.1. The van der Waals surface area contributed by atoms with Gasteiger partial charge in [0.05, 0.1) is 31.9 Å². The van der Waals surface area contributed by atoms with E-state index in [2.05, 4.69) is 52.4 Å². The standard InChI is InChI=1S/C29H39N7O3/c1-16(2)26-31-24(14-25(33-26)36-8-10-39-11-9-36)32-27-19-6-4-17(12-23(19)34-35-27)21-15-29(21)20-13-18(38-3)5-7-22(20)30-28(29)37/h5,7,13-14,16-17,19,21,23,27,34-35H,4,6,8-12,15H2,1-3H3,(H,30,37)(H,31,32,33)/t17?,19?,21-,23?,27?,29-/m0/s1. The van der Waals surface area contributed by atoms with Crippen LogP contribution in [0.3, 0.4) is 0 Å². The Kier molecular flexibility index (Phi) is 6.17. The van der Waals surface area contributed by atoms with Gasteiger partial charge in [-0.1, -0.05) is 13.8 Å². The number of morpholine rings is 1. The quantitative estimate of drug-likeness (QED) is 0.445. The summed E-state index contributed by atoms with van der Waals surface area (Å²) in [5.74, 6) is 5.26. The van der Waals surface area contributed by atoms with Gasteiger partial charge in [-0.2, -0.15) is 0 Å². The Hall–Kier alpha value is -2.95. The van der Waals surface area contributed by atoms with Crippen molar-refractivity contribution in [2.45, 2.75) is 63.1 Å². The van der Waals surface area contributed by atoms with Gasteiger partial charge >= 0.3 is 0 Å². The fourth-order valence-electron chi connectivity index (χ4n) is 7.41. The second-order valence-corrected chi connectivity index (χ2v) is 12.1. The lowest BCUT2D eigenvalue weighted by atomic mass is 9.74. The van der Waals surface area contributed by atoms with Gasteiger partial charge in [0.15, 0.2) is 0 Å². The normalized spacial score (nSPS) is 33.2. The van der Waals surface area contributed by atoms with Crippen molar-refractivity contribution >= 4 is 23.2 Å². The van der Waals surface area contributed by atoms with E-state index in [0.717, 1.165) is 86.4 Å². The summed E-state index contributed by atoms with van der Waals surface area (Å²) in [4.78, 5) is 25.2. The van der Waals surface area contributed by atoms with E-state index in [1.54, 1.807) is 7.11 Å². The van der Waals surface area contributed by atoms with E-state index in [9.17, 15) is 4.79 Å². The van der Waals surface area contributed by atoms with Gasteiger partial charge in [0.1, 0.15) is 23.2 Å². The first kappa shape index (κ1) is 25.0. The molecule has 10 nitrogen and oxygen atoms in total. The maximum Gasteiger partial charge on any atom is 0.235 e. The summed E-state index contributed by atoms with van der Waals surface area (Å²) in [7, 11) is 1.68. The van der Waals surface area contributed by atoms with Crippen LogP contribution in [-0.4, -0.2) is 61.5 Å². The van der Waals surface area contributed by atoms with Crippen LogP contribution in [0.15, 0.2) is 24.3 Å². The molecule has 208 valence electrons. The van der Waals surface area contributed by atoms with Crippen molar-refractivity contribution in [2.75, 3.05) is 48.9 Å². The van der Waals surface area contributed by atoms with Crippen LogP contribution in [-0.2, 0) is 14.9 Å². The molecule has 2 aromatic rings. The van der Waals surface area contributed by atoms with Gasteiger partial charge in [-0.05, 0) is 61.3 Å². The van der Waals surface area contributed by atoms with Gasteiger partial charge in [0.2, 0.25) is 5.91 Å². The molecule has 1 aromatic heterocycles. The van der Waals surface area contributed by atoms with Crippen LogP contribution in [0.5, 0.6) is 5.75 Å². The van der Waals surface area contributed by atoms with Crippen LogP contribution in [0.25, 0.3) is 0 Å². The zero-order chi connectivity index (χ0) is 26.7. The number of anilines is 3. The third kappa shape index (κ3) is 4.24. The number of amides is 1. The van der Waals surface area contributed by atoms with Gasteiger partial charge in [-0.3, -0.25) is 10.2 Å². The fraction of sp³-hybridized carbons (Fsp3) is 0.621. The Balaban J connectivity index is 1.04. The molecule has 4 heterocycles. The zero-order valence-corrected chi connectivity index (χ0v) is 23.0. The third-order valence-corrected chi connectivity index (χ3v) is 9.63. The summed E-state index contributed by atoms with van der Waals surface area (Å²) >= 11 is 0. The molecule has 4 unspecified atom stereocenters. The first-order valence-electron chi connectivity index (χ1n) is 14.5. The molecule has 5 aliphatic rings. The molecule has 0 bridgehead atoms. The van der Waals surface area contributed by atoms with Gasteiger partial charge < -0.3 is 25.0 Å². The number of fused-ring (bicyclic) bond motifs is 3. The van der Waals surface area contributed by atoms with Gasteiger partial charge in [-0.25, -0.2) is 15.4 Å². The van der Waals surface area contributed by atoms with Crippen LogP contribution in [0, 0.1) is 17.8 Å². The molecular weight excluding hydrogens is 494 g/mol. The fourth-order valence-corrected chi connectivity index (χ4v) is 7.41. The highest BCUT2D eigenvalue weighted by Gasteiger charge is 2.67. The summed E-state index contributed by atoms with van der Waals surface area (Å²) in [5.41, 5.74) is 8.80. The molecule has 6 atom stereocenters. The summed E-state index contributed by atoms with van der Waals surface area (Å²) in [5, 5.41) is 6.83. The van der Waals surface area contributed by atoms with E-state index in [1.165, 1.54) is 0 Å². The number of nitrogens with one attached hydrogen (secondary N) is 4. The highest BCUT2D eigenvalue weighted by molar-refractivity contribution is 6.09. The molecule has 1 amide bonds. The number of benzene rings is 1. The molecule has 4 fully saturated rings. The van der Waals surface area contributed by atoms with Crippen LogP contribution >= 0.6 is 0 Å². The topological polar surface area (TPSA) is 113 Å². The van der Waals surface area contributed by atoms with E-state index in [-0.39, 0.29) is 23.4 Å². The lowest BCUT2D eigenvalue weighted by Crippen LogP contribution is -2.39. The largest absolute Gasteiger partial charge is 0.497 e. The van der Waals surface area contributed by atoms with E-state index in [1.807, 2.05) is 12.1 Å². The monoisotopic (exact) mass is 533 g/mol. The molecule has 2 saturated carbocycles. The number of hydrogen-bond donors (Lipinski definition) is 4. The zero-order valence-electron chi connectivity index (χ0n) is 23.0. The summed E-state index contributed by atoms with van der Waals surface area (Å²) in [6.45, 7) is 7.43. The van der Waals surface area contributed by atoms with E-state index < -0.39 is 0 Å². The molecule has 1 spiro atoms. The predicted molar refractivity (Wildman–Crippen MR) is 149 cm³/mol. The number of ether oxygens (including phenoxy) is 2. The SMILES string of the molecule is COc1ccc2c(c1)[C@]1(C[C@H]1C1CCC3C(C1)NNC3Nc1cc(N3CCOCC3)nc(C(C)C)n1)C(=O)N2. The van der Waals surface area contributed by atoms with Gasteiger partial charge in [0.25, 0.3) is 0 Å². The molecule has 0 radical (unpaired) electrons. The van der Waals surface area contributed by atoms with E-state index in [4.69, 9.17) is 19.4 Å².